The summed E-state index contributed by atoms with van der Waals surface area (Å²) >= 11 is 9.30. The van der Waals surface area contributed by atoms with Gasteiger partial charge in [-0.15, -0.1) is 0 Å². The Morgan fingerprint density at radius 3 is 2.72 bits per heavy atom. The van der Waals surface area contributed by atoms with E-state index in [9.17, 15) is 4.79 Å². The normalized spacial score (nSPS) is 10.4. The van der Waals surface area contributed by atoms with E-state index < -0.39 is 0 Å². The topological polar surface area (TPSA) is 17.1 Å². The molecule has 0 radical (unpaired) electrons. The summed E-state index contributed by atoms with van der Waals surface area (Å²) in [6, 6.07) is 13.2. The van der Waals surface area contributed by atoms with Crippen LogP contribution in [-0.4, -0.2) is 5.78 Å². The zero-order valence-electron chi connectivity index (χ0n) is 9.91. The number of carbonyl (C=O) groups is 1. The van der Waals surface area contributed by atoms with E-state index in [-0.39, 0.29) is 5.78 Å². The quantitative estimate of drug-likeness (QED) is 0.739. The van der Waals surface area contributed by atoms with E-state index in [2.05, 4.69) is 15.9 Å². The molecule has 0 aliphatic carbocycles. The maximum atomic E-state index is 12.2. The third-order valence-corrected chi connectivity index (χ3v) is 3.60. The molecule has 0 aliphatic heterocycles. The maximum absolute atomic E-state index is 12.2. The second kappa shape index (κ2) is 5.68. The first kappa shape index (κ1) is 13.3. The molecule has 0 fully saturated rings. The van der Waals surface area contributed by atoms with Gasteiger partial charge in [-0.25, -0.2) is 0 Å². The summed E-state index contributed by atoms with van der Waals surface area (Å²) in [4.78, 5) is 12.2. The maximum Gasteiger partial charge on any atom is 0.168 e. The molecule has 0 aromatic heterocycles. The Kier molecular flexibility index (Phi) is 4.20. The SMILES string of the molecule is Cc1cccc(CC(=O)c2cc(Cl)ccc2Br)c1. The average molecular weight is 324 g/mol. The predicted octanol–water partition coefficient (Wildman–Crippen LogP) is 4.84. The van der Waals surface area contributed by atoms with Crippen molar-refractivity contribution in [1.29, 1.82) is 0 Å². The second-order valence-corrected chi connectivity index (χ2v) is 5.50. The highest BCUT2D eigenvalue weighted by molar-refractivity contribution is 9.10. The second-order valence-electron chi connectivity index (χ2n) is 4.21. The fourth-order valence-corrected chi connectivity index (χ4v) is 2.45. The molecule has 2 aromatic carbocycles. The van der Waals surface area contributed by atoms with Crippen LogP contribution in [0, 0.1) is 6.92 Å². The minimum absolute atomic E-state index is 0.0648. The van der Waals surface area contributed by atoms with Crippen LogP contribution in [0.25, 0.3) is 0 Å². The molecule has 0 bridgehead atoms. The molecule has 2 aromatic rings. The smallest absolute Gasteiger partial charge is 0.168 e. The van der Waals surface area contributed by atoms with Gasteiger partial charge in [0.05, 0.1) is 0 Å². The molecule has 2 rings (SSSR count). The van der Waals surface area contributed by atoms with Crippen LogP contribution in [-0.2, 0) is 6.42 Å². The van der Waals surface area contributed by atoms with Gasteiger partial charge < -0.3 is 0 Å². The molecule has 0 saturated heterocycles. The third-order valence-electron chi connectivity index (χ3n) is 2.68. The van der Waals surface area contributed by atoms with Crippen molar-refractivity contribution < 1.29 is 4.79 Å². The number of benzene rings is 2. The van der Waals surface area contributed by atoms with Crippen molar-refractivity contribution in [2.75, 3.05) is 0 Å². The van der Waals surface area contributed by atoms with E-state index in [0.29, 0.717) is 17.0 Å². The molecule has 0 unspecified atom stereocenters. The van der Waals surface area contributed by atoms with Gasteiger partial charge in [0.1, 0.15) is 0 Å². The van der Waals surface area contributed by atoms with Gasteiger partial charge in [-0.05, 0) is 30.7 Å². The number of ketones is 1. The summed E-state index contributed by atoms with van der Waals surface area (Å²) in [6.07, 6.45) is 0.390. The number of aryl methyl sites for hydroxylation is 1. The zero-order valence-corrected chi connectivity index (χ0v) is 12.3. The van der Waals surface area contributed by atoms with E-state index in [0.717, 1.165) is 15.6 Å². The molecule has 0 heterocycles. The molecular weight excluding hydrogens is 312 g/mol. The summed E-state index contributed by atoms with van der Waals surface area (Å²) < 4.78 is 0.782. The molecule has 0 spiro atoms. The minimum atomic E-state index is 0.0648. The van der Waals surface area contributed by atoms with Gasteiger partial charge in [0.15, 0.2) is 5.78 Å². The van der Waals surface area contributed by atoms with E-state index >= 15 is 0 Å². The lowest BCUT2D eigenvalue weighted by Gasteiger charge is -2.05. The first-order chi connectivity index (χ1) is 8.56. The fraction of sp³-hybridized carbons (Fsp3) is 0.133. The van der Waals surface area contributed by atoms with Gasteiger partial charge in [-0.3, -0.25) is 4.79 Å². The van der Waals surface area contributed by atoms with Crippen LogP contribution in [0.2, 0.25) is 5.02 Å². The van der Waals surface area contributed by atoms with Crippen LogP contribution in [0.3, 0.4) is 0 Å². The van der Waals surface area contributed by atoms with Gasteiger partial charge in [-0.1, -0.05) is 57.4 Å². The van der Waals surface area contributed by atoms with Gasteiger partial charge in [0.25, 0.3) is 0 Å². The van der Waals surface area contributed by atoms with Crippen LogP contribution in [0.4, 0.5) is 0 Å². The monoisotopic (exact) mass is 322 g/mol. The molecule has 0 aliphatic rings. The van der Waals surface area contributed by atoms with E-state index in [4.69, 9.17) is 11.6 Å². The number of hydrogen-bond donors (Lipinski definition) is 0. The largest absolute Gasteiger partial charge is 0.294 e. The van der Waals surface area contributed by atoms with Crippen molar-refractivity contribution in [3.8, 4) is 0 Å². The lowest BCUT2D eigenvalue weighted by Crippen LogP contribution is -2.04. The standard InChI is InChI=1S/C15H12BrClO/c1-10-3-2-4-11(7-10)8-15(18)13-9-12(17)5-6-14(13)16/h2-7,9H,8H2,1H3. The summed E-state index contributed by atoms with van der Waals surface area (Å²) in [5, 5.41) is 0.575. The molecule has 0 saturated carbocycles. The van der Waals surface area contributed by atoms with Crippen LogP contribution < -0.4 is 0 Å². The van der Waals surface area contributed by atoms with Gasteiger partial charge in [0, 0.05) is 21.5 Å². The summed E-state index contributed by atoms with van der Waals surface area (Å²) in [6.45, 7) is 2.02. The lowest BCUT2D eigenvalue weighted by atomic mass is 10.0. The van der Waals surface area contributed by atoms with E-state index in [1.165, 1.54) is 0 Å². The van der Waals surface area contributed by atoms with E-state index in [1.807, 2.05) is 31.2 Å². The summed E-state index contributed by atoms with van der Waals surface area (Å²) in [5.74, 6) is 0.0648. The van der Waals surface area contributed by atoms with Crippen molar-refractivity contribution in [3.63, 3.8) is 0 Å². The number of Topliss-reactive ketones (excluding diaryl/α,β-unsaturated/α-hetero) is 1. The molecule has 0 amide bonds. The van der Waals surface area contributed by atoms with Gasteiger partial charge >= 0.3 is 0 Å². The van der Waals surface area contributed by atoms with Crippen molar-refractivity contribution in [2.45, 2.75) is 13.3 Å². The Hall–Kier alpha value is -1.12. The summed E-state index contributed by atoms with van der Waals surface area (Å²) in [5.41, 5.74) is 2.81. The van der Waals surface area contributed by atoms with Crippen LogP contribution in [0.1, 0.15) is 21.5 Å². The average Bonchev–Trinajstić information content (AvgIpc) is 2.32. The van der Waals surface area contributed by atoms with Gasteiger partial charge in [-0.2, -0.15) is 0 Å². The highest BCUT2D eigenvalue weighted by Gasteiger charge is 2.11. The van der Waals surface area contributed by atoms with Crippen molar-refractivity contribution in [1.82, 2.24) is 0 Å². The molecule has 18 heavy (non-hydrogen) atoms. The molecule has 92 valence electrons. The number of hydrogen-bond acceptors (Lipinski definition) is 1. The number of carbonyl (C=O) groups excluding carboxylic acids is 1. The first-order valence-electron chi connectivity index (χ1n) is 5.60. The molecule has 3 heteroatoms. The number of halogens is 2. The minimum Gasteiger partial charge on any atom is -0.294 e. The molecule has 0 atom stereocenters. The first-order valence-corrected chi connectivity index (χ1v) is 6.77. The predicted molar refractivity (Wildman–Crippen MR) is 78.4 cm³/mol. The highest BCUT2D eigenvalue weighted by atomic mass is 79.9. The van der Waals surface area contributed by atoms with Crippen LogP contribution in [0.15, 0.2) is 46.9 Å². The van der Waals surface area contributed by atoms with Crippen LogP contribution in [0.5, 0.6) is 0 Å². The summed E-state index contributed by atoms with van der Waals surface area (Å²) in [7, 11) is 0. The molecular formula is C15H12BrClO. The zero-order chi connectivity index (χ0) is 13.1. The van der Waals surface area contributed by atoms with Crippen molar-refractivity contribution in [3.05, 3.63) is 68.7 Å². The Bertz CT molecular complexity index is 593. The Balaban J connectivity index is 2.24. The molecule has 0 N–H and O–H groups in total. The Morgan fingerprint density at radius 1 is 1.22 bits per heavy atom. The highest BCUT2D eigenvalue weighted by Crippen LogP contribution is 2.22. The van der Waals surface area contributed by atoms with Crippen molar-refractivity contribution in [2.24, 2.45) is 0 Å². The Labute approximate surface area is 120 Å². The third kappa shape index (κ3) is 3.21. The van der Waals surface area contributed by atoms with Crippen LogP contribution >= 0.6 is 27.5 Å². The lowest BCUT2D eigenvalue weighted by molar-refractivity contribution is 0.0992. The number of rotatable bonds is 3. The fourth-order valence-electron chi connectivity index (χ4n) is 1.81. The van der Waals surface area contributed by atoms with E-state index in [1.54, 1.807) is 18.2 Å². The molecule has 1 nitrogen and oxygen atoms in total. The van der Waals surface area contributed by atoms with Crippen molar-refractivity contribution >= 4 is 33.3 Å². The van der Waals surface area contributed by atoms with Gasteiger partial charge in [0.2, 0.25) is 0 Å². The Morgan fingerprint density at radius 2 is 2.00 bits per heavy atom.